The number of hydrogen-bond acceptors (Lipinski definition) is 7. The van der Waals surface area contributed by atoms with E-state index in [-0.39, 0.29) is 23.0 Å². The zero-order valence-electron chi connectivity index (χ0n) is 20.1. The number of anilines is 1. The second kappa shape index (κ2) is 9.79. The van der Waals surface area contributed by atoms with E-state index in [1.807, 2.05) is 30.3 Å². The van der Waals surface area contributed by atoms with E-state index >= 15 is 0 Å². The van der Waals surface area contributed by atoms with Gasteiger partial charge in [0.05, 0.1) is 29.0 Å². The molecule has 8 nitrogen and oxygen atoms in total. The number of aromatic nitrogens is 1. The van der Waals surface area contributed by atoms with Gasteiger partial charge in [-0.05, 0) is 72.6 Å². The van der Waals surface area contributed by atoms with Gasteiger partial charge in [-0.15, -0.1) is 11.3 Å². The Bertz CT molecular complexity index is 1610. The molecule has 0 aliphatic carbocycles. The summed E-state index contributed by atoms with van der Waals surface area (Å²) in [4.78, 5) is 31.9. The third kappa shape index (κ3) is 4.98. The summed E-state index contributed by atoms with van der Waals surface area (Å²) in [5.41, 5.74) is 4.14. The van der Waals surface area contributed by atoms with E-state index in [2.05, 4.69) is 9.71 Å². The molecule has 3 heterocycles. The summed E-state index contributed by atoms with van der Waals surface area (Å²) in [6.07, 6.45) is 3.12. The normalized spacial score (nSPS) is 12.9. The number of amides is 1. The van der Waals surface area contributed by atoms with Gasteiger partial charge in [0.2, 0.25) is 0 Å². The van der Waals surface area contributed by atoms with Crippen LogP contribution in [0.4, 0.5) is 5.69 Å². The number of thiophene rings is 1. The number of pyridine rings is 1. The van der Waals surface area contributed by atoms with E-state index in [0.717, 1.165) is 32.0 Å². The highest BCUT2D eigenvalue weighted by Gasteiger charge is 2.24. The lowest BCUT2D eigenvalue weighted by molar-refractivity contribution is 0.0526. The van der Waals surface area contributed by atoms with Crippen molar-refractivity contribution in [3.05, 3.63) is 89.7 Å². The molecule has 0 saturated heterocycles. The molecule has 0 bridgehead atoms. The summed E-state index contributed by atoms with van der Waals surface area (Å²) in [5.74, 6) is -0.471. The van der Waals surface area contributed by atoms with Crippen LogP contribution in [0.1, 0.15) is 33.2 Å². The first-order valence-electron chi connectivity index (χ1n) is 11.5. The highest BCUT2D eigenvalue weighted by atomic mass is 32.2. The summed E-state index contributed by atoms with van der Waals surface area (Å²) in [5, 5.41) is 0. The van der Waals surface area contributed by atoms with Gasteiger partial charge in [-0.2, -0.15) is 0 Å². The number of sulfonamides is 1. The molecule has 0 atom stereocenters. The van der Waals surface area contributed by atoms with Crippen LogP contribution in [-0.4, -0.2) is 43.8 Å². The Kier molecular flexibility index (Phi) is 6.53. The van der Waals surface area contributed by atoms with Gasteiger partial charge >= 0.3 is 5.97 Å². The average molecular weight is 534 g/mol. The lowest BCUT2D eigenvalue weighted by Crippen LogP contribution is -2.17. The van der Waals surface area contributed by atoms with Crippen LogP contribution in [0.25, 0.3) is 20.9 Å². The molecular weight excluding hydrogens is 510 g/mol. The Labute approximate surface area is 218 Å². The van der Waals surface area contributed by atoms with Gasteiger partial charge in [-0.1, -0.05) is 6.07 Å². The van der Waals surface area contributed by atoms with Gasteiger partial charge in [0.25, 0.3) is 15.9 Å². The summed E-state index contributed by atoms with van der Waals surface area (Å²) in [7, 11) is -2.10. The van der Waals surface area contributed by atoms with E-state index in [0.29, 0.717) is 12.2 Å². The largest absolute Gasteiger partial charge is 0.462 e. The molecule has 5 rings (SSSR count). The maximum atomic E-state index is 12.9. The topological polar surface area (TPSA) is 106 Å². The minimum Gasteiger partial charge on any atom is -0.462 e. The number of ether oxygens (including phenoxy) is 1. The Morgan fingerprint density at radius 3 is 2.49 bits per heavy atom. The van der Waals surface area contributed by atoms with Crippen LogP contribution in [-0.2, 0) is 21.3 Å². The van der Waals surface area contributed by atoms with Crippen molar-refractivity contribution in [1.29, 1.82) is 0 Å². The Hall–Kier alpha value is -4.02. The van der Waals surface area contributed by atoms with E-state index in [1.54, 1.807) is 42.5 Å². The first-order valence-corrected chi connectivity index (χ1v) is 13.8. The standard InChI is InChI=1S/C27H23N3O5S2/c1-3-35-27(32)17-4-7-22(8-5-17)37(33,34)29-21-13-19(14-28-15-21)25-11-10-24(36-25)18-6-9-23-20(12-18)16-30(2)26(23)31/h4-15,29H,3,16H2,1-2H3. The SMILES string of the molecule is CCOC(=O)c1ccc(S(=O)(=O)Nc2cncc(-c3ccc(-c4ccc5c(c4)CN(C)C5=O)s3)c2)cc1. The van der Waals surface area contributed by atoms with Crippen LogP contribution in [0, 0.1) is 0 Å². The lowest BCUT2D eigenvalue weighted by Gasteiger charge is -2.09. The maximum absolute atomic E-state index is 12.9. The number of hydrogen-bond donors (Lipinski definition) is 1. The first-order chi connectivity index (χ1) is 17.7. The first kappa shape index (κ1) is 24.7. The van der Waals surface area contributed by atoms with E-state index in [4.69, 9.17) is 4.74 Å². The summed E-state index contributed by atoms with van der Waals surface area (Å²) in [6, 6.07) is 17.1. The molecule has 10 heteroatoms. The highest BCUT2D eigenvalue weighted by Crippen LogP contribution is 2.37. The van der Waals surface area contributed by atoms with Crippen molar-refractivity contribution in [1.82, 2.24) is 9.88 Å². The molecule has 188 valence electrons. The summed E-state index contributed by atoms with van der Waals surface area (Å²) >= 11 is 1.56. The number of benzene rings is 2. The van der Waals surface area contributed by atoms with Crippen LogP contribution in [0.5, 0.6) is 0 Å². The molecule has 37 heavy (non-hydrogen) atoms. The van der Waals surface area contributed by atoms with Crippen molar-refractivity contribution < 1.29 is 22.7 Å². The van der Waals surface area contributed by atoms with Gasteiger partial charge in [0, 0.05) is 40.7 Å². The molecule has 2 aromatic carbocycles. The van der Waals surface area contributed by atoms with Crippen LogP contribution < -0.4 is 4.72 Å². The zero-order chi connectivity index (χ0) is 26.2. The fourth-order valence-corrected chi connectivity index (χ4v) is 6.11. The van der Waals surface area contributed by atoms with Crippen molar-refractivity contribution in [2.75, 3.05) is 18.4 Å². The number of rotatable bonds is 7. The van der Waals surface area contributed by atoms with E-state index in [1.165, 1.54) is 30.5 Å². The summed E-state index contributed by atoms with van der Waals surface area (Å²) in [6.45, 7) is 2.54. The molecule has 4 aromatic rings. The smallest absolute Gasteiger partial charge is 0.338 e. The zero-order valence-corrected chi connectivity index (χ0v) is 21.7. The Morgan fingerprint density at radius 2 is 1.76 bits per heavy atom. The number of esters is 1. The molecule has 2 aromatic heterocycles. The van der Waals surface area contributed by atoms with Gasteiger partial charge in [-0.3, -0.25) is 14.5 Å². The lowest BCUT2D eigenvalue weighted by atomic mass is 10.1. The number of carbonyl (C=O) groups is 2. The van der Waals surface area contributed by atoms with Crippen LogP contribution in [0.3, 0.4) is 0 Å². The third-order valence-corrected chi connectivity index (χ3v) is 8.51. The van der Waals surface area contributed by atoms with Crippen molar-refractivity contribution >= 4 is 38.9 Å². The van der Waals surface area contributed by atoms with Gasteiger partial charge < -0.3 is 9.64 Å². The quantitative estimate of drug-likeness (QED) is 0.334. The minimum absolute atomic E-state index is 0.0186. The van der Waals surface area contributed by atoms with Crippen LogP contribution in [0.15, 0.2) is 78.0 Å². The minimum atomic E-state index is -3.89. The fourth-order valence-electron chi connectivity index (χ4n) is 4.10. The second-order valence-electron chi connectivity index (χ2n) is 8.51. The van der Waals surface area contributed by atoms with Crippen LogP contribution in [0.2, 0.25) is 0 Å². The molecule has 1 amide bonds. The van der Waals surface area contributed by atoms with Crippen molar-refractivity contribution in [3.8, 4) is 20.9 Å². The predicted molar refractivity (Wildman–Crippen MR) is 142 cm³/mol. The molecule has 1 aliphatic heterocycles. The Balaban J connectivity index is 1.35. The molecule has 0 saturated carbocycles. The number of nitrogens with zero attached hydrogens (tertiary/aromatic N) is 2. The van der Waals surface area contributed by atoms with E-state index in [9.17, 15) is 18.0 Å². The molecule has 0 spiro atoms. The number of carbonyl (C=O) groups excluding carboxylic acids is 2. The highest BCUT2D eigenvalue weighted by molar-refractivity contribution is 7.92. The van der Waals surface area contributed by atoms with Gasteiger partial charge in [0.15, 0.2) is 0 Å². The molecular formula is C27H23N3O5S2. The molecule has 0 fully saturated rings. The van der Waals surface area contributed by atoms with Crippen LogP contribution >= 0.6 is 11.3 Å². The maximum Gasteiger partial charge on any atom is 0.338 e. The van der Waals surface area contributed by atoms with Crippen molar-refractivity contribution in [3.63, 3.8) is 0 Å². The molecule has 1 aliphatic rings. The predicted octanol–water partition coefficient (Wildman–Crippen LogP) is 5.04. The van der Waals surface area contributed by atoms with E-state index < -0.39 is 16.0 Å². The van der Waals surface area contributed by atoms with Gasteiger partial charge in [-0.25, -0.2) is 13.2 Å². The van der Waals surface area contributed by atoms with Crippen molar-refractivity contribution in [2.45, 2.75) is 18.4 Å². The number of fused-ring (bicyclic) bond motifs is 1. The second-order valence-corrected chi connectivity index (χ2v) is 11.3. The summed E-state index contributed by atoms with van der Waals surface area (Å²) < 4.78 is 33.3. The average Bonchev–Trinajstić information content (AvgIpc) is 3.49. The fraction of sp³-hybridized carbons (Fsp3) is 0.148. The monoisotopic (exact) mass is 533 g/mol. The molecule has 0 radical (unpaired) electrons. The third-order valence-electron chi connectivity index (χ3n) is 5.93. The molecule has 1 N–H and O–H groups in total. The number of nitrogens with one attached hydrogen (secondary N) is 1. The Morgan fingerprint density at radius 1 is 1.03 bits per heavy atom. The van der Waals surface area contributed by atoms with Gasteiger partial charge in [0.1, 0.15) is 0 Å². The van der Waals surface area contributed by atoms with Crippen molar-refractivity contribution in [2.24, 2.45) is 0 Å². The molecule has 0 unspecified atom stereocenters.